The van der Waals surface area contributed by atoms with Gasteiger partial charge in [0.1, 0.15) is 6.10 Å². The monoisotopic (exact) mass is 486 g/mol. The SMILES string of the molecule is O=C(CCN1CCCC1)O[C@H]1CC2(N3CCCCC3)C[C@@H](c3ccccc3)C1[C@H](c1ccccc1)C2. The van der Waals surface area contributed by atoms with Gasteiger partial charge in [0, 0.05) is 24.4 Å². The predicted octanol–water partition coefficient (Wildman–Crippen LogP) is 5.99. The Morgan fingerprint density at radius 3 is 1.89 bits per heavy atom. The second-order valence-electron chi connectivity index (χ2n) is 11.8. The number of carbonyl (C=O) groups excluding carboxylic acids is 1. The summed E-state index contributed by atoms with van der Waals surface area (Å²) in [4.78, 5) is 18.5. The van der Waals surface area contributed by atoms with Gasteiger partial charge in [0.2, 0.25) is 0 Å². The Labute approximate surface area is 217 Å². The van der Waals surface area contributed by atoms with Gasteiger partial charge in [-0.3, -0.25) is 9.69 Å². The van der Waals surface area contributed by atoms with Gasteiger partial charge in [0.15, 0.2) is 0 Å². The van der Waals surface area contributed by atoms with E-state index in [1.807, 2.05) is 0 Å². The highest BCUT2D eigenvalue weighted by Crippen LogP contribution is 2.60. The summed E-state index contributed by atoms with van der Waals surface area (Å²) < 4.78 is 6.51. The summed E-state index contributed by atoms with van der Waals surface area (Å²) in [6.07, 6.45) is 10.3. The van der Waals surface area contributed by atoms with Crippen LogP contribution in [0.4, 0.5) is 0 Å². The van der Waals surface area contributed by atoms with E-state index >= 15 is 0 Å². The van der Waals surface area contributed by atoms with Gasteiger partial charge in [-0.15, -0.1) is 0 Å². The quantitative estimate of drug-likeness (QED) is 0.450. The van der Waals surface area contributed by atoms with Crippen LogP contribution in [-0.4, -0.2) is 60.1 Å². The third kappa shape index (κ3) is 4.87. The van der Waals surface area contributed by atoms with E-state index in [0.717, 1.165) is 26.1 Å². The molecule has 3 saturated carbocycles. The third-order valence-electron chi connectivity index (χ3n) is 9.74. The Bertz CT molecular complexity index is 948. The van der Waals surface area contributed by atoms with Gasteiger partial charge in [0.25, 0.3) is 0 Å². The van der Waals surface area contributed by atoms with Crippen molar-refractivity contribution in [3.8, 4) is 0 Å². The Morgan fingerprint density at radius 2 is 1.31 bits per heavy atom. The molecule has 36 heavy (non-hydrogen) atoms. The second-order valence-corrected chi connectivity index (χ2v) is 11.8. The first-order valence-electron chi connectivity index (χ1n) is 14.5. The molecule has 2 saturated heterocycles. The van der Waals surface area contributed by atoms with Crippen molar-refractivity contribution in [3.63, 3.8) is 0 Å². The molecular formula is C32H42N2O2. The van der Waals surface area contributed by atoms with Gasteiger partial charge in [-0.1, -0.05) is 67.1 Å². The minimum absolute atomic E-state index is 0.00636. The van der Waals surface area contributed by atoms with Crippen LogP contribution in [-0.2, 0) is 9.53 Å². The normalized spacial score (nSPS) is 33.0. The van der Waals surface area contributed by atoms with E-state index in [2.05, 4.69) is 70.5 Å². The van der Waals surface area contributed by atoms with Crippen molar-refractivity contribution in [1.29, 1.82) is 0 Å². The van der Waals surface area contributed by atoms with E-state index in [9.17, 15) is 4.79 Å². The Morgan fingerprint density at radius 1 is 0.750 bits per heavy atom. The summed E-state index contributed by atoms with van der Waals surface area (Å²) >= 11 is 0. The molecule has 2 heterocycles. The number of fused-ring (bicyclic) bond motifs is 3. The lowest BCUT2D eigenvalue weighted by Crippen LogP contribution is -2.64. The molecule has 7 rings (SSSR count). The van der Waals surface area contributed by atoms with Crippen molar-refractivity contribution in [2.45, 2.75) is 81.3 Å². The van der Waals surface area contributed by atoms with Gasteiger partial charge >= 0.3 is 5.97 Å². The van der Waals surface area contributed by atoms with Gasteiger partial charge in [-0.2, -0.15) is 0 Å². The Kier molecular flexibility index (Phi) is 7.17. The zero-order chi connectivity index (χ0) is 24.4. The molecule has 5 fully saturated rings. The summed E-state index contributed by atoms with van der Waals surface area (Å²) in [6, 6.07) is 22.2. The molecule has 2 aromatic rings. The molecule has 3 atom stereocenters. The van der Waals surface area contributed by atoms with Gasteiger partial charge in [-0.05, 0) is 87.7 Å². The number of hydrogen-bond acceptors (Lipinski definition) is 4. The van der Waals surface area contributed by atoms with Crippen molar-refractivity contribution in [2.24, 2.45) is 5.92 Å². The third-order valence-corrected chi connectivity index (χ3v) is 9.74. The van der Waals surface area contributed by atoms with E-state index in [-0.39, 0.29) is 17.6 Å². The zero-order valence-electron chi connectivity index (χ0n) is 21.7. The van der Waals surface area contributed by atoms with Crippen LogP contribution >= 0.6 is 0 Å². The maximum absolute atomic E-state index is 13.2. The van der Waals surface area contributed by atoms with Crippen molar-refractivity contribution < 1.29 is 9.53 Å². The number of benzene rings is 2. The lowest BCUT2D eigenvalue weighted by Gasteiger charge is -2.62. The highest BCUT2D eigenvalue weighted by Gasteiger charge is 2.59. The van der Waals surface area contributed by atoms with E-state index in [1.165, 1.54) is 69.2 Å². The number of nitrogens with zero attached hydrogens (tertiary/aromatic N) is 2. The summed E-state index contributed by atoms with van der Waals surface area (Å²) in [5, 5.41) is 0. The summed E-state index contributed by atoms with van der Waals surface area (Å²) in [6.45, 7) is 5.47. The number of ether oxygens (including phenoxy) is 1. The van der Waals surface area contributed by atoms with E-state index in [0.29, 0.717) is 24.2 Å². The maximum atomic E-state index is 13.2. The minimum Gasteiger partial charge on any atom is -0.462 e. The molecule has 0 unspecified atom stereocenters. The molecule has 2 aromatic carbocycles. The average molecular weight is 487 g/mol. The van der Waals surface area contributed by atoms with Crippen LogP contribution in [0.2, 0.25) is 0 Å². The first kappa shape index (κ1) is 24.2. The number of carbonyl (C=O) groups is 1. The number of hydrogen-bond donors (Lipinski definition) is 0. The molecule has 0 N–H and O–H groups in total. The number of esters is 1. The van der Waals surface area contributed by atoms with E-state index in [4.69, 9.17) is 4.74 Å². The van der Waals surface area contributed by atoms with Crippen molar-refractivity contribution in [3.05, 3.63) is 71.8 Å². The van der Waals surface area contributed by atoms with Gasteiger partial charge in [0.05, 0.1) is 6.42 Å². The molecule has 192 valence electrons. The highest BCUT2D eigenvalue weighted by atomic mass is 16.5. The molecular weight excluding hydrogens is 444 g/mol. The summed E-state index contributed by atoms with van der Waals surface area (Å²) in [7, 11) is 0. The molecule has 4 nitrogen and oxygen atoms in total. The van der Waals surface area contributed by atoms with Crippen LogP contribution < -0.4 is 0 Å². The topological polar surface area (TPSA) is 32.8 Å². The van der Waals surface area contributed by atoms with Gasteiger partial charge < -0.3 is 9.64 Å². The van der Waals surface area contributed by atoms with Gasteiger partial charge in [-0.25, -0.2) is 0 Å². The molecule has 0 aromatic heterocycles. The molecule has 5 aliphatic rings. The van der Waals surface area contributed by atoms with Crippen LogP contribution in [0.5, 0.6) is 0 Å². The summed E-state index contributed by atoms with van der Waals surface area (Å²) in [5.41, 5.74) is 2.94. The second kappa shape index (κ2) is 10.7. The van der Waals surface area contributed by atoms with Crippen LogP contribution in [0.25, 0.3) is 0 Å². The van der Waals surface area contributed by atoms with Crippen LogP contribution in [0.15, 0.2) is 60.7 Å². The predicted molar refractivity (Wildman–Crippen MR) is 144 cm³/mol. The first-order valence-corrected chi connectivity index (χ1v) is 14.5. The van der Waals surface area contributed by atoms with Crippen LogP contribution in [0, 0.1) is 5.92 Å². The molecule has 4 heteroatoms. The molecule has 3 aliphatic carbocycles. The Hall–Kier alpha value is -2.17. The first-order chi connectivity index (χ1) is 17.7. The maximum Gasteiger partial charge on any atom is 0.307 e. The van der Waals surface area contributed by atoms with E-state index < -0.39 is 0 Å². The average Bonchev–Trinajstić information content (AvgIpc) is 3.47. The highest BCUT2D eigenvalue weighted by molar-refractivity contribution is 5.70. The van der Waals surface area contributed by atoms with E-state index in [1.54, 1.807) is 0 Å². The van der Waals surface area contributed by atoms with Crippen LogP contribution in [0.1, 0.15) is 80.8 Å². The molecule has 0 spiro atoms. The lowest BCUT2D eigenvalue weighted by molar-refractivity contribution is -0.170. The fraction of sp³-hybridized carbons (Fsp3) is 0.594. The number of rotatable bonds is 7. The standard InChI is InChI=1S/C32H42N2O2/c35-30(16-21-33-17-10-11-18-33)36-29-24-32(34-19-8-3-9-20-34)22-27(25-12-4-1-5-13-25)31(29)28(23-32)26-14-6-2-7-15-26/h1-2,4-7,12-15,27-29,31H,3,8-11,16-24H2/t27-,28-,29-,31?,32?/m0/s1. The number of likely N-dealkylation sites (tertiary alicyclic amines) is 2. The van der Waals surface area contributed by atoms with Crippen molar-refractivity contribution in [2.75, 3.05) is 32.7 Å². The molecule has 0 amide bonds. The number of piperidine rings is 1. The minimum atomic E-state index is -0.0177. The van der Waals surface area contributed by atoms with Crippen molar-refractivity contribution >= 4 is 5.97 Å². The molecule has 2 aliphatic heterocycles. The Balaban J connectivity index is 1.33. The summed E-state index contributed by atoms with van der Waals surface area (Å²) in [5.74, 6) is 1.17. The van der Waals surface area contributed by atoms with Crippen molar-refractivity contribution in [1.82, 2.24) is 9.80 Å². The molecule has 2 bridgehead atoms. The van der Waals surface area contributed by atoms with Crippen LogP contribution in [0.3, 0.4) is 0 Å². The fourth-order valence-corrected chi connectivity index (χ4v) is 8.09. The zero-order valence-corrected chi connectivity index (χ0v) is 21.7. The molecule has 0 radical (unpaired) electrons. The lowest BCUT2D eigenvalue weighted by atomic mass is 9.51. The largest absolute Gasteiger partial charge is 0.462 e. The smallest absolute Gasteiger partial charge is 0.307 e. The fourth-order valence-electron chi connectivity index (χ4n) is 8.09.